The van der Waals surface area contributed by atoms with Crippen LogP contribution in [0.2, 0.25) is 0 Å². The molecule has 25 heavy (non-hydrogen) atoms. The highest BCUT2D eigenvalue weighted by Gasteiger charge is 2.20. The number of carbonyl (C=O) groups is 2. The first-order valence-corrected chi connectivity index (χ1v) is 8.22. The second-order valence-electron chi connectivity index (χ2n) is 5.52. The van der Waals surface area contributed by atoms with E-state index in [9.17, 15) is 14.4 Å². The number of rotatable bonds is 3. The largest absolute Gasteiger partial charge is 0.422 e. The molecule has 0 aliphatic heterocycles. The molecule has 0 aliphatic rings. The van der Waals surface area contributed by atoms with Gasteiger partial charge in [0.1, 0.15) is 11.3 Å². The molecule has 6 heteroatoms. The van der Waals surface area contributed by atoms with Crippen LogP contribution >= 0.6 is 15.9 Å². The van der Waals surface area contributed by atoms with Crippen molar-refractivity contribution in [1.82, 2.24) is 0 Å². The highest BCUT2D eigenvalue weighted by atomic mass is 79.9. The zero-order valence-corrected chi connectivity index (χ0v) is 15.0. The Balaban J connectivity index is 2.11. The quantitative estimate of drug-likeness (QED) is 0.283. The highest BCUT2D eigenvalue weighted by Crippen LogP contribution is 2.30. The molecule has 0 radical (unpaired) electrons. The predicted octanol–water partition coefficient (Wildman–Crippen LogP) is 4.29. The van der Waals surface area contributed by atoms with E-state index in [0.717, 1.165) is 4.47 Å². The summed E-state index contributed by atoms with van der Waals surface area (Å²) in [4.78, 5) is 36.1. The molecule has 3 aromatic rings. The number of ether oxygens (including phenoxy) is 1. The molecule has 0 amide bonds. The van der Waals surface area contributed by atoms with Gasteiger partial charge < -0.3 is 9.15 Å². The van der Waals surface area contributed by atoms with E-state index in [2.05, 4.69) is 15.9 Å². The van der Waals surface area contributed by atoms with Crippen molar-refractivity contribution in [2.75, 3.05) is 0 Å². The maximum atomic E-state index is 12.3. The number of hydrogen-bond acceptors (Lipinski definition) is 5. The van der Waals surface area contributed by atoms with Gasteiger partial charge in [0.25, 0.3) is 0 Å². The lowest BCUT2D eigenvalue weighted by Gasteiger charge is -2.11. The Morgan fingerprint density at radius 1 is 1.08 bits per heavy atom. The summed E-state index contributed by atoms with van der Waals surface area (Å²) in [5, 5.41) is 0.619. The summed E-state index contributed by atoms with van der Waals surface area (Å²) in [6.45, 7) is 3.07. The minimum absolute atomic E-state index is 0.0571. The van der Waals surface area contributed by atoms with E-state index in [-0.39, 0.29) is 22.7 Å². The van der Waals surface area contributed by atoms with Gasteiger partial charge in [0.15, 0.2) is 11.4 Å². The zero-order valence-electron chi connectivity index (χ0n) is 13.5. The van der Waals surface area contributed by atoms with E-state index in [0.29, 0.717) is 16.5 Å². The highest BCUT2D eigenvalue weighted by molar-refractivity contribution is 9.10. The molecule has 2 aromatic carbocycles. The van der Waals surface area contributed by atoms with Crippen molar-refractivity contribution in [3.05, 3.63) is 74.0 Å². The monoisotopic (exact) mass is 400 g/mol. The lowest BCUT2D eigenvalue weighted by atomic mass is 10.0. The van der Waals surface area contributed by atoms with Crippen LogP contribution in [0, 0.1) is 6.92 Å². The molecule has 126 valence electrons. The van der Waals surface area contributed by atoms with E-state index in [4.69, 9.17) is 9.15 Å². The number of hydrogen-bond donors (Lipinski definition) is 0. The second kappa shape index (κ2) is 6.64. The van der Waals surface area contributed by atoms with Gasteiger partial charge in [-0.05, 0) is 55.8 Å². The molecule has 0 aliphatic carbocycles. The third kappa shape index (κ3) is 3.39. The molecule has 0 spiro atoms. The van der Waals surface area contributed by atoms with Gasteiger partial charge in [-0.3, -0.25) is 4.79 Å². The van der Waals surface area contributed by atoms with Gasteiger partial charge in [0.2, 0.25) is 0 Å². The van der Waals surface area contributed by atoms with Crippen LogP contribution in [0.1, 0.15) is 33.2 Å². The van der Waals surface area contributed by atoms with Crippen LogP contribution in [0.4, 0.5) is 0 Å². The third-order valence-corrected chi connectivity index (χ3v) is 4.24. The molecule has 0 saturated carbocycles. The van der Waals surface area contributed by atoms with Crippen LogP contribution in [0.25, 0.3) is 11.0 Å². The average molecular weight is 401 g/mol. The summed E-state index contributed by atoms with van der Waals surface area (Å²) >= 11 is 3.29. The van der Waals surface area contributed by atoms with Crippen molar-refractivity contribution in [3.63, 3.8) is 0 Å². The lowest BCUT2D eigenvalue weighted by molar-refractivity contribution is 0.0733. The van der Waals surface area contributed by atoms with Crippen molar-refractivity contribution in [3.8, 4) is 5.75 Å². The summed E-state index contributed by atoms with van der Waals surface area (Å²) < 4.78 is 11.4. The first-order chi connectivity index (χ1) is 11.9. The van der Waals surface area contributed by atoms with E-state index >= 15 is 0 Å². The Kier molecular flexibility index (Phi) is 4.55. The first kappa shape index (κ1) is 17.1. The number of benzene rings is 2. The summed E-state index contributed by atoms with van der Waals surface area (Å²) in [7, 11) is 0. The Hall–Kier alpha value is -2.73. The average Bonchev–Trinajstić information content (AvgIpc) is 2.54. The van der Waals surface area contributed by atoms with Crippen LogP contribution in [0.5, 0.6) is 5.75 Å². The fourth-order valence-corrected chi connectivity index (χ4v) is 2.79. The predicted molar refractivity (Wildman–Crippen MR) is 96.3 cm³/mol. The number of halogens is 1. The smallest absolute Gasteiger partial charge is 0.343 e. The van der Waals surface area contributed by atoms with Crippen LogP contribution in [0.3, 0.4) is 0 Å². The van der Waals surface area contributed by atoms with Gasteiger partial charge in [0.05, 0.1) is 5.56 Å². The van der Waals surface area contributed by atoms with Crippen molar-refractivity contribution < 1.29 is 18.7 Å². The number of ketones is 1. The number of aryl methyl sites for hydroxylation is 1. The van der Waals surface area contributed by atoms with Gasteiger partial charge in [-0.2, -0.15) is 0 Å². The Morgan fingerprint density at radius 3 is 2.40 bits per heavy atom. The van der Waals surface area contributed by atoms with Crippen molar-refractivity contribution in [1.29, 1.82) is 0 Å². The summed E-state index contributed by atoms with van der Waals surface area (Å²) in [6.07, 6.45) is 0. The summed E-state index contributed by atoms with van der Waals surface area (Å²) in [5.41, 5.74) is 0.647. The molecule has 0 atom stereocenters. The Bertz CT molecular complexity index is 1050. The van der Waals surface area contributed by atoms with Gasteiger partial charge in [-0.1, -0.05) is 15.9 Å². The molecule has 0 saturated heterocycles. The van der Waals surface area contributed by atoms with E-state index in [1.165, 1.54) is 19.1 Å². The Labute approximate surface area is 151 Å². The molecule has 5 nitrogen and oxygen atoms in total. The molecule has 0 bridgehead atoms. The van der Waals surface area contributed by atoms with Crippen molar-refractivity contribution in [2.45, 2.75) is 13.8 Å². The molecular formula is C19H13BrO5. The fraction of sp³-hybridized carbons (Fsp3) is 0.105. The maximum Gasteiger partial charge on any atom is 0.343 e. The fourth-order valence-electron chi connectivity index (χ4n) is 2.53. The van der Waals surface area contributed by atoms with Crippen LogP contribution in [-0.4, -0.2) is 11.8 Å². The topological polar surface area (TPSA) is 73.6 Å². The number of Topliss-reactive ketones (excluding diaryl/α,β-unsaturated/α-hetero) is 1. The van der Waals surface area contributed by atoms with E-state index in [1.54, 1.807) is 37.3 Å². The standard InChI is InChI=1S/C19H13BrO5/c1-10-9-16(22)25-18-14(10)7-8-15(17(18)11(2)21)24-19(23)12-3-5-13(20)6-4-12/h3-9H,1-2H3. The molecule has 1 aromatic heterocycles. The second-order valence-corrected chi connectivity index (χ2v) is 6.43. The van der Waals surface area contributed by atoms with Crippen molar-refractivity contribution >= 4 is 38.7 Å². The summed E-state index contributed by atoms with van der Waals surface area (Å²) in [6, 6.07) is 11.2. The first-order valence-electron chi connectivity index (χ1n) is 7.43. The van der Waals surface area contributed by atoms with E-state index in [1.807, 2.05) is 0 Å². The third-order valence-electron chi connectivity index (χ3n) is 3.72. The lowest BCUT2D eigenvalue weighted by Crippen LogP contribution is -2.12. The molecule has 3 rings (SSSR count). The zero-order chi connectivity index (χ0) is 18.1. The normalized spacial score (nSPS) is 10.7. The number of fused-ring (bicyclic) bond motifs is 1. The molecule has 1 heterocycles. The SMILES string of the molecule is CC(=O)c1c(OC(=O)c2ccc(Br)cc2)ccc2c(C)cc(=O)oc12. The minimum Gasteiger partial charge on any atom is -0.422 e. The van der Waals surface area contributed by atoms with Gasteiger partial charge in [-0.25, -0.2) is 9.59 Å². The molecular weight excluding hydrogens is 388 g/mol. The van der Waals surface area contributed by atoms with Gasteiger partial charge in [-0.15, -0.1) is 0 Å². The van der Waals surface area contributed by atoms with Crippen LogP contribution < -0.4 is 10.4 Å². The molecule has 0 unspecified atom stereocenters. The minimum atomic E-state index is -0.607. The molecule has 0 N–H and O–H groups in total. The maximum absolute atomic E-state index is 12.3. The number of carbonyl (C=O) groups excluding carboxylic acids is 2. The summed E-state index contributed by atoms with van der Waals surface area (Å²) in [5.74, 6) is -0.913. The Morgan fingerprint density at radius 2 is 1.76 bits per heavy atom. The van der Waals surface area contributed by atoms with E-state index < -0.39 is 11.6 Å². The molecule has 0 fully saturated rings. The van der Waals surface area contributed by atoms with Crippen LogP contribution in [-0.2, 0) is 0 Å². The van der Waals surface area contributed by atoms with Crippen molar-refractivity contribution in [2.24, 2.45) is 0 Å². The van der Waals surface area contributed by atoms with Gasteiger partial charge in [0, 0.05) is 15.9 Å². The van der Waals surface area contributed by atoms with Crippen LogP contribution in [0.15, 0.2) is 56.1 Å². The van der Waals surface area contributed by atoms with Gasteiger partial charge >= 0.3 is 11.6 Å². The number of esters is 1.